The van der Waals surface area contributed by atoms with Crippen molar-refractivity contribution in [2.24, 2.45) is 5.92 Å². The van der Waals surface area contributed by atoms with Crippen molar-refractivity contribution in [1.29, 1.82) is 0 Å². The first-order chi connectivity index (χ1) is 8.86. The van der Waals surface area contributed by atoms with Gasteiger partial charge in [-0.2, -0.15) is 0 Å². The molecule has 1 rings (SSSR count). The molecule has 4 heteroatoms. The molecule has 0 aliphatic carbocycles. The van der Waals surface area contributed by atoms with Crippen molar-refractivity contribution in [3.8, 4) is 5.75 Å². The van der Waals surface area contributed by atoms with Crippen molar-refractivity contribution in [1.82, 2.24) is 4.90 Å². The number of benzene rings is 1. The third kappa shape index (κ3) is 4.23. The number of rotatable bonds is 5. The molecule has 1 amide bonds. The molecule has 0 unspecified atom stereocenters. The van der Waals surface area contributed by atoms with E-state index in [1.165, 1.54) is 0 Å². The first kappa shape index (κ1) is 16.0. The lowest BCUT2D eigenvalue weighted by molar-refractivity contribution is 0.0678. The van der Waals surface area contributed by atoms with Gasteiger partial charge in [0.05, 0.1) is 12.7 Å². The van der Waals surface area contributed by atoms with Crippen molar-refractivity contribution in [3.05, 3.63) is 28.2 Å². The number of carbonyl (C=O) groups is 1. The van der Waals surface area contributed by atoms with Gasteiger partial charge in [-0.15, -0.1) is 0 Å². The second-order valence-electron chi connectivity index (χ2n) is 5.29. The van der Waals surface area contributed by atoms with Crippen LogP contribution in [0.2, 0.25) is 0 Å². The predicted octanol–water partition coefficient (Wildman–Crippen LogP) is 3.96. The quantitative estimate of drug-likeness (QED) is 0.819. The number of hydrogen-bond donors (Lipinski definition) is 0. The Morgan fingerprint density at radius 1 is 1.32 bits per heavy atom. The van der Waals surface area contributed by atoms with Crippen LogP contribution in [0.1, 0.15) is 38.1 Å². The molecule has 0 aliphatic heterocycles. The third-order valence-electron chi connectivity index (χ3n) is 2.84. The Labute approximate surface area is 124 Å². The minimum Gasteiger partial charge on any atom is -0.496 e. The number of amides is 1. The summed E-state index contributed by atoms with van der Waals surface area (Å²) < 4.78 is 6.21. The Morgan fingerprint density at radius 3 is 2.42 bits per heavy atom. The predicted molar refractivity (Wildman–Crippen MR) is 81.7 cm³/mol. The number of nitrogens with zero attached hydrogens (tertiary/aromatic N) is 1. The minimum absolute atomic E-state index is 0.0213. The summed E-state index contributed by atoms with van der Waals surface area (Å²) >= 11 is 3.39. The fourth-order valence-electron chi connectivity index (χ4n) is 1.92. The van der Waals surface area contributed by atoms with E-state index in [2.05, 4.69) is 29.8 Å². The Kier molecular flexibility index (Phi) is 5.85. The van der Waals surface area contributed by atoms with Gasteiger partial charge in [0.15, 0.2) is 0 Å². The van der Waals surface area contributed by atoms with E-state index in [1.54, 1.807) is 13.2 Å². The number of carbonyl (C=O) groups excluding carboxylic acids is 1. The highest BCUT2D eigenvalue weighted by Gasteiger charge is 2.22. The molecule has 1 aromatic carbocycles. The first-order valence-corrected chi connectivity index (χ1v) is 7.30. The van der Waals surface area contributed by atoms with Gasteiger partial charge in [-0.25, -0.2) is 0 Å². The summed E-state index contributed by atoms with van der Waals surface area (Å²) in [6.07, 6.45) is 0. The zero-order valence-electron chi connectivity index (χ0n) is 12.2. The van der Waals surface area contributed by atoms with Gasteiger partial charge in [0.1, 0.15) is 5.75 Å². The Balaban J connectivity index is 3.09. The standard InChI is InChI=1S/C15H22BrNO2/c1-10(2)9-17(11(3)4)15(18)13-7-6-12(16)8-14(13)19-5/h6-8,10-11H,9H2,1-5H3. The second-order valence-corrected chi connectivity index (χ2v) is 6.21. The van der Waals surface area contributed by atoms with Crippen LogP contribution in [-0.4, -0.2) is 30.5 Å². The van der Waals surface area contributed by atoms with Gasteiger partial charge in [-0.3, -0.25) is 4.79 Å². The van der Waals surface area contributed by atoms with Gasteiger partial charge < -0.3 is 9.64 Å². The summed E-state index contributed by atoms with van der Waals surface area (Å²) in [4.78, 5) is 14.5. The Hall–Kier alpha value is -1.03. The molecule has 0 N–H and O–H groups in total. The van der Waals surface area contributed by atoms with E-state index in [-0.39, 0.29) is 11.9 Å². The van der Waals surface area contributed by atoms with E-state index in [0.717, 1.165) is 11.0 Å². The molecule has 0 atom stereocenters. The zero-order valence-corrected chi connectivity index (χ0v) is 13.8. The maximum atomic E-state index is 12.6. The van der Waals surface area contributed by atoms with E-state index >= 15 is 0 Å². The molecule has 0 radical (unpaired) electrons. The fourth-order valence-corrected chi connectivity index (χ4v) is 2.26. The molecule has 0 spiro atoms. The van der Waals surface area contributed by atoms with Crippen LogP contribution >= 0.6 is 15.9 Å². The van der Waals surface area contributed by atoms with E-state index in [9.17, 15) is 4.79 Å². The normalized spacial score (nSPS) is 10.9. The zero-order chi connectivity index (χ0) is 14.6. The highest BCUT2D eigenvalue weighted by molar-refractivity contribution is 9.10. The summed E-state index contributed by atoms with van der Waals surface area (Å²) in [7, 11) is 1.58. The summed E-state index contributed by atoms with van der Waals surface area (Å²) in [5, 5.41) is 0. The molecule has 0 fully saturated rings. The minimum atomic E-state index is 0.0213. The van der Waals surface area contributed by atoms with Crippen molar-refractivity contribution in [2.45, 2.75) is 33.7 Å². The van der Waals surface area contributed by atoms with Gasteiger partial charge in [0.2, 0.25) is 0 Å². The van der Waals surface area contributed by atoms with Gasteiger partial charge in [-0.1, -0.05) is 29.8 Å². The number of hydrogen-bond acceptors (Lipinski definition) is 2. The molecular formula is C15H22BrNO2. The molecule has 0 saturated carbocycles. The lowest BCUT2D eigenvalue weighted by atomic mass is 10.1. The summed E-state index contributed by atoms with van der Waals surface area (Å²) in [6, 6.07) is 5.66. The van der Waals surface area contributed by atoms with E-state index in [4.69, 9.17) is 4.74 Å². The number of halogens is 1. The van der Waals surface area contributed by atoms with Crippen LogP contribution in [-0.2, 0) is 0 Å². The molecule has 0 saturated heterocycles. The largest absolute Gasteiger partial charge is 0.496 e. The molecule has 0 aromatic heterocycles. The van der Waals surface area contributed by atoms with Crippen LogP contribution in [0.4, 0.5) is 0 Å². The van der Waals surface area contributed by atoms with Gasteiger partial charge in [-0.05, 0) is 38.0 Å². The van der Waals surface area contributed by atoms with Crippen LogP contribution < -0.4 is 4.74 Å². The maximum Gasteiger partial charge on any atom is 0.257 e. The maximum absolute atomic E-state index is 12.6. The van der Waals surface area contributed by atoms with Crippen LogP contribution in [0.5, 0.6) is 5.75 Å². The van der Waals surface area contributed by atoms with Gasteiger partial charge in [0.25, 0.3) is 5.91 Å². The second kappa shape index (κ2) is 6.94. The van der Waals surface area contributed by atoms with Gasteiger partial charge in [0, 0.05) is 17.1 Å². The van der Waals surface area contributed by atoms with E-state index < -0.39 is 0 Å². The number of methoxy groups -OCH3 is 1. The first-order valence-electron chi connectivity index (χ1n) is 6.51. The average Bonchev–Trinajstić information content (AvgIpc) is 2.34. The van der Waals surface area contributed by atoms with Crippen LogP contribution in [0, 0.1) is 5.92 Å². The van der Waals surface area contributed by atoms with Crippen LogP contribution in [0.25, 0.3) is 0 Å². The molecule has 0 aliphatic rings. The smallest absolute Gasteiger partial charge is 0.257 e. The molecule has 106 valence electrons. The molecule has 19 heavy (non-hydrogen) atoms. The number of ether oxygens (including phenoxy) is 1. The highest BCUT2D eigenvalue weighted by Crippen LogP contribution is 2.25. The lowest BCUT2D eigenvalue weighted by Crippen LogP contribution is -2.39. The summed E-state index contributed by atoms with van der Waals surface area (Å²) in [5.41, 5.74) is 0.611. The topological polar surface area (TPSA) is 29.5 Å². The molecule has 0 heterocycles. The summed E-state index contributed by atoms with van der Waals surface area (Å²) in [6.45, 7) is 9.04. The lowest BCUT2D eigenvalue weighted by Gasteiger charge is -2.29. The molecule has 0 bridgehead atoms. The van der Waals surface area contributed by atoms with Crippen molar-refractivity contribution >= 4 is 21.8 Å². The Bertz CT molecular complexity index is 444. The molecule has 1 aromatic rings. The average molecular weight is 328 g/mol. The fraction of sp³-hybridized carbons (Fsp3) is 0.533. The van der Waals surface area contributed by atoms with Gasteiger partial charge >= 0.3 is 0 Å². The van der Waals surface area contributed by atoms with Crippen molar-refractivity contribution < 1.29 is 9.53 Å². The summed E-state index contributed by atoms with van der Waals surface area (Å²) in [5.74, 6) is 1.06. The Morgan fingerprint density at radius 2 is 1.95 bits per heavy atom. The molecule has 3 nitrogen and oxygen atoms in total. The van der Waals surface area contributed by atoms with Crippen molar-refractivity contribution in [2.75, 3.05) is 13.7 Å². The van der Waals surface area contributed by atoms with Crippen LogP contribution in [0.15, 0.2) is 22.7 Å². The third-order valence-corrected chi connectivity index (χ3v) is 3.33. The monoisotopic (exact) mass is 327 g/mol. The van der Waals surface area contributed by atoms with Crippen LogP contribution in [0.3, 0.4) is 0 Å². The van der Waals surface area contributed by atoms with E-state index in [0.29, 0.717) is 17.2 Å². The molecular weight excluding hydrogens is 306 g/mol. The SMILES string of the molecule is COc1cc(Br)ccc1C(=O)N(CC(C)C)C(C)C. The van der Waals surface area contributed by atoms with E-state index in [1.807, 2.05) is 30.9 Å². The highest BCUT2D eigenvalue weighted by atomic mass is 79.9. The van der Waals surface area contributed by atoms with Crippen molar-refractivity contribution in [3.63, 3.8) is 0 Å².